The van der Waals surface area contributed by atoms with Gasteiger partial charge in [-0.25, -0.2) is 22.5 Å². The number of sulfonamides is 1. The lowest BCUT2D eigenvalue weighted by molar-refractivity contribution is 0.557. The second kappa shape index (κ2) is 5.16. The molecule has 9 heteroatoms. The molecule has 0 aliphatic rings. The summed E-state index contributed by atoms with van der Waals surface area (Å²) in [5.41, 5.74) is 5.01. The van der Waals surface area contributed by atoms with Crippen LogP contribution in [0.15, 0.2) is 29.4 Å². The van der Waals surface area contributed by atoms with Crippen molar-refractivity contribution in [3.8, 4) is 0 Å². The van der Waals surface area contributed by atoms with Gasteiger partial charge in [0.05, 0.1) is 12.2 Å². The number of nitrogens with two attached hydrogens (primary N) is 1. The minimum Gasteiger partial charge on any atom is -0.396 e. The Balaban J connectivity index is 2.29. The van der Waals surface area contributed by atoms with Gasteiger partial charge in [0.15, 0.2) is 5.82 Å². The van der Waals surface area contributed by atoms with Gasteiger partial charge in [0.1, 0.15) is 10.7 Å². The number of benzene rings is 1. The van der Waals surface area contributed by atoms with Crippen LogP contribution in [0.4, 0.5) is 10.1 Å². The molecule has 0 unspecified atom stereocenters. The van der Waals surface area contributed by atoms with Gasteiger partial charge in [0.2, 0.25) is 10.0 Å². The number of rotatable bonds is 4. The summed E-state index contributed by atoms with van der Waals surface area (Å²) in [7, 11) is -4.06. The molecule has 0 fully saturated rings. The molecule has 1 heterocycles. The van der Waals surface area contributed by atoms with Crippen LogP contribution in [0.5, 0.6) is 0 Å². The maximum Gasteiger partial charge on any atom is 0.244 e. The van der Waals surface area contributed by atoms with E-state index in [0.717, 1.165) is 12.1 Å². The molecule has 0 atom stereocenters. The van der Waals surface area contributed by atoms with Crippen molar-refractivity contribution >= 4 is 27.3 Å². The van der Waals surface area contributed by atoms with Crippen LogP contribution < -0.4 is 10.5 Å². The highest BCUT2D eigenvalue weighted by molar-refractivity contribution is 7.89. The van der Waals surface area contributed by atoms with E-state index in [1.807, 2.05) is 0 Å². The largest absolute Gasteiger partial charge is 0.396 e. The summed E-state index contributed by atoms with van der Waals surface area (Å²) < 4.78 is 39.8. The van der Waals surface area contributed by atoms with E-state index in [1.54, 1.807) is 6.20 Å². The topological polar surface area (TPSA) is 101 Å². The second-order valence-electron chi connectivity index (χ2n) is 3.67. The van der Waals surface area contributed by atoms with E-state index in [-0.39, 0.29) is 17.3 Å². The van der Waals surface area contributed by atoms with Crippen molar-refractivity contribution in [1.29, 1.82) is 0 Å². The molecule has 0 aliphatic heterocycles. The fourth-order valence-electron chi connectivity index (χ4n) is 1.42. The Hall–Kier alpha value is -1.64. The van der Waals surface area contributed by atoms with Gasteiger partial charge in [-0.1, -0.05) is 11.6 Å². The number of nitrogen functional groups attached to an aromatic ring is 1. The molecule has 4 N–H and O–H groups in total. The van der Waals surface area contributed by atoms with Crippen molar-refractivity contribution in [1.82, 2.24) is 14.7 Å². The predicted octanol–water partition coefficient (Wildman–Crippen LogP) is 1.26. The molecule has 0 radical (unpaired) electrons. The number of hydrogen-bond acceptors (Lipinski definition) is 4. The van der Waals surface area contributed by atoms with Gasteiger partial charge in [0, 0.05) is 17.4 Å². The highest BCUT2D eigenvalue weighted by Crippen LogP contribution is 2.25. The highest BCUT2D eigenvalue weighted by atomic mass is 35.5. The first-order chi connectivity index (χ1) is 8.90. The normalized spacial score (nSPS) is 11.7. The number of nitrogens with one attached hydrogen (secondary N) is 2. The van der Waals surface area contributed by atoms with Crippen LogP contribution in [0.3, 0.4) is 0 Å². The molecular weight excluding hydrogens is 295 g/mol. The molecule has 0 amide bonds. The zero-order valence-electron chi connectivity index (χ0n) is 9.52. The average molecular weight is 305 g/mol. The smallest absolute Gasteiger partial charge is 0.244 e. The summed E-state index contributed by atoms with van der Waals surface area (Å²) in [5.74, 6) is -0.629. The summed E-state index contributed by atoms with van der Waals surface area (Å²) >= 11 is 5.67. The number of aromatic nitrogens is 2. The van der Waals surface area contributed by atoms with Crippen LogP contribution in [0.1, 0.15) is 5.82 Å². The first kappa shape index (κ1) is 13.8. The van der Waals surface area contributed by atoms with Crippen molar-refractivity contribution in [3.05, 3.63) is 41.2 Å². The lowest BCUT2D eigenvalue weighted by Gasteiger charge is -2.08. The zero-order chi connectivity index (χ0) is 14.0. The van der Waals surface area contributed by atoms with E-state index in [9.17, 15) is 12.8 Å². The molecule has 0 spiro atoms. The zero-order valence-corrected chi connectivity index (χ0v) is 11.1. The van der Waals surface area contributed by atoms with E-state index in [0.29, 0.717) is 5.82 Å². The standard InChI is InChI=1S/C10H10ClFN4O2S/c11-6-3-7(13)10(12)8(4-6)19(17,18)16-5-9-14-1-2-15-9/h1-4,16H,5,13H2,(H,14,15). The van der Waals surface area contributed by atoms with Crippen molar-refractivity contribution in [3.63, 3.8) is 0 Å². The van der Waals surface area contributed by atoms with Crippen molar-refractivity contribution < 1.29 is 12.8 Å². The van der Waals surface area contributed by atoms with Gasteiger partial charge >= 0.3 is 0 Å². The Morgan fingerprint density at radius 2 is 2.21 bits per heavy atom. The van der Waals surface area contributed by atoms with Gasteiger partial charge in [-0.15, -0.1) is 0 Å². The van der Waals surface area contributed by atoms with E-state index >= 15 is 0 Å². The number of halogens is 2. The SMILES string of the molecule is Nc1cc(Cl)cc(S(=O)(=O)NCc2ncc[nH]2)c1F. The lowest BCUT2D eigenvalue weighted by atomic mass is 10.3. The molecule has 0 bridgehead atoms. The first-order valence-corrected chi connectivity index (χ1v) is 6.98. The molecular formula is C10H10ClFN4O2S. The quantitative estimate of drug-likeness (QED) is 0.740. The number of hydrogen-bond donors (Lipinski definition) is 3. The summed E-state index contributed by atoms with van der Waals surface area (Å²) in [6, 6.07) is 2.14. The minimum absolute atomic E-state index is 0.0391. The van der Waals surface area contributed by atoms with Crippen LogP contribution in [-0.2, 0) is 16.6 Å². The minimum atomic E-state index is -4.06. The molecule has 0 aliphatic carbocycles. The van der Waals surface area contributed by atoms with Crippen LogP contribution in [0, 0.1) is 5.82 Å². The maximum atomic E-state index is 13.7. The molecule has 0 saturated carbocycles. The average Bonchev–Trinajstić information content (AvgIpc) is 2.84. The Kier molecular flexibility index (Phi) is 3.74. The molecule has 1 aromatic carbocycles. The molecule has 1 aromatic heterocycles. The number of anilines is 1. The molecule has 102 valence electrons. The van der Waals surface area contributed by atoms with Gasteiger partial charge in [-0.3, -0.25) is 0 Å². The molecule has 19 heavy (non-hydrogen) atoms. The fraction of sp³-hybridized carbons (Fsp3) is 0.100. The van der Waals surface area contributed by atoms with E-state index < -0.39 is 20.7 Å². The Morgan fingerprint density at radius 1 is 1.47 bits per heavy atom. The van der Waals surface area contributed by atoms with Crippen molar-refractivity contribution in [2.24, 2.45) is 0 Å². The number of H-pyrrole nitrogens is 1. The lowest BCUT2D eigenvalue weighted by Crippen LogP contribution is -2.25. The molecule has 2 rings (SSSR count). The van der Waals surface area contributed by atoms with Crippen LogP contribution in [-0.4, -0.2) is 18.4 Å². The molecule has 2 aromatic rings. The number of nitrogens with zero attached hydrogens (tertiary/aromatic N) is 1. The Morgan fingerprint density at radius 3 is 2.84 bits per heavy atom. The van der Waals surface area contributed by atoms with Gasteiger partial charge in [0.25, 0.3) is 0 Å². The fourth-order valence-corrected chi connectivity index (χ4v) is 2.83. The first-order valence-electron chi connectivity index (χ1n) is 5.12. The van der Waals surface area contributed by atoms with Crippen molar-refractivity contribution in [2.75, 3.05) is 5.73 Å². The summed E-state index contributed by atoms with van der Waals surface area (Å²) in [4.78, 5) is 5.97. The molecule has 0 saturated heterocycles. The Labute approximate surface area is 113 Å². The van der Waals surface area contributed by atoms with Crippen LogP contribution >= 0.6 is 11.6 Å². The predicted molar refractivity (Wildman–Crippen MR) is 68.4 cm³/mol. The van der Waals surface area contributed by atoms with Crippen LogP contribution in [0.25, 0.3) is 0 Å². The third-order valence-electron chi connectivity index (χ3n) is 2.31. The maximum absolute atomic E-state index is 13.7. The van der Waals surface area contributed by atoms with E-state index in [4.69, 9.17) is 17.3 Å². The Bertz CT molecular complexity index is 688. The summed E-state index contributed by atoms with van der Waals surface area (Å²) in [5, 5.41) is 0.0391. The van der Waals surface area contributed by atoms with Gasteiger partial charge < -0.3 is 10.7 Å². The number of aromatic amines is 1. The number of imidazole rings is 1. The third kappa shape index (κ3) is 3.03. The van der Waals surface area contributed by atoms with E-state index in [2.05, 4.69) is 14.7 Å². The monoisotopic (exact) mass is 304 g/mol. The molecule has 6 nitrogen and oxygen atoms in total. The van der Waals surface area contributed by atoms with Gasteiger partial charge in [-0.05, 0) is 12.1 Å². The third-order valence-corrected chi connectivity index (χ3v) is 3.92. The van der Waals surface area contributed by atoms with Gasteiger partial charge in [-0.2, -0.15) is 0 Å². The second-order valence-corrected chi connectivity index (χ2v) is 5.84. The highest BCUT2D eigenvalue weighted by Gasteiger charge is 2.21. The van der Waals surface area contributed by atoms with Crippen LogP contribution in [0.2, 0.25) is 5.02 Å². The van der Waals surface area contributed by atoms with Crippen molar-refractivity contribution in [2.45, 2.75) is 11.4 Å². The summed E-state index contributed by atoms with van der Waals surface area (Å²) in [6.45, 7) is -0.0960. The van der Waals surface area contributed by atoms with E-state index in [1.165, 1.54) is 6.20 Å². The summed E-state index contributed by atoms with van der Waals surface area (Å²) in [6.07, 6.45) is 3.02.